The van der Waals surface area contributed by atoms with Crippen molar-refractivity contribution in [3.63, 3.8) is 0 Å². The Balaban J connectivity index is 1.26. The Morgan fingerprint density at radius 3 is 2.58 bits per heavy atom. The monoisotopic (exact) mass is 677 g/mol. The van der Waals surface area contributed by atoms with E-state index < -0.39 is 53.0 Å². The van der Waals surface area contributed by atoms with Gasteiger partial charge < -0.3 is 30.3 Å². The molecule has 13 heteroatoms. The highest BCUT2D eigenvalue weighted by atomic mass is 32.1. The standard InChI is InChI=1S/C35H43N5O7S/c1-34(2,3)47-33(46)37-25-15-11-6-4-5-10-14-23-16-35(23,32(44)45)38-28(41)27-24-19-39(17-22(24)18-40(27)30(25)42)31(43)29-36-26(20-48-29)21-12-8-7-9-13-21/h7-10,12-14,20,22-25,27H,4-6,11,15-19H2,1-3H3,(H,37,46)(H,38,41)(H,44,45)/b14-10-/t22-,23+,24-,25+,27-,35+/m0/s1. The third kappa shape index (κ3) is 6.96. The third-order valence-electron chi connectivity index (χ3n) is 9.72. The zero-order valence-electron chi connectivity index (χ0n) is 27.5. The first-order chi connectivity index (χ1) is 22.9. The molecule has 1 aromatic heterocycles. The molecule has 4 heterocycles. The number of amides is 4. The second kappa shape index (κ2) is 13.3. The number of thiazole rings is 1. The molecule has 1 aromatic carbocycles. The van der Waals surface area contributed by atoms with Crippen molar-refractivity contribution >= 4 is 41.1 Å². The van der Waals surface area contributed by atoms with Gasteiger partial charge in [0, 0.05) is 48.3 Å². The molecule has 0 spiro atoms. The van der Waals surface area contributed by atoms with Gasteiger partial charge in [0.1, 0.15) is 23.2 Å². The van der Waals surface area contributed by atoms with E-state index in [1.54, 1.807) is 25.7 Å². The van der Waals surface area contributed by atoms with Gasteiger partial charge in [-0.1, -0.05) is 55.3 Å². The molecule has 6 rings (SSSR count). The van der Waals surface area contributed by atoms with E-state index in [4.69, 9.17) is 4.74 Å². The number of alkyl carbamates (subject to hydrolysis) is 1. The second-order valence-corrected chi connectivity index (χ2v) is 15.2. The van der Waals surface area contributed by atoms with Gasteiger partial charge in [-0.15, -0.1) is 11.3 Å². The van der Waals surface area contributed by atoms with E-state index in [-0.39, 0.29) is 37.3 Å². The van der Waals surface area contributed by atoms with Gasteiger partial charge in [0.15, 0.2) is 5.01 Å². The van der Waals surface area contributed by atoms with E-state index >= 15 is 0 Å². The van der Waals surface area contributed by atoms with Crippen LogP contribution in [-0.4, -0.2) is 92.5 Å². The highest BCUT2D eigenvalue weighted by molar-refractivity contribution is 7.12. The van der Waals surface area contributed by atoms with Crippen molar-refractivity contribution in [1.82, 2.24) is 25.4 Å². The summed E-state index contributed by atoms with van der Waals surface area (Å²) >= 11 is 1.26. The highest BCUT2D eigenvalue weighted by Gasteiger charge is 2.62. The smallest absolute Gasteiger partial charge is 0.408 e. The quantitative estimate of drug-likeness (QED) is 0.409. The van der Waals surface area contributed by atoms with Crippen LogP contribution in [0.3, 0.4) is 0 Å². The Hall–Kier alpha value is -4.26. The molecular formula is C35H43N5O7S. The summed E-state index contributed by atoms with van der Waals surface area (Å²) in [7, 11) is 0. The first-order valence-corrected chi connectivity index (χ1v) is 17.6. The molecule has 0 bridgehead atoms. The Bertz CT molecular complexity index is 1600. The average molecular weight is 678 g/mol. The Morgan fingerprint density at radius 2 is 1.85 bits per heavy atom. The minimum absolute atomic E-state index is 0.189. The summed E-state index contributed by atoms with van der Waals surface area (Å²) in [5, 5.41) is 18.0. The van der Waals surface area contributed by atoms with Crippen LogP contribution in [0.2, 0.25) is 0 Å². The Kier molecular flexibility index (Phi) is 9.34. The Morgan fingerprint density at radius 1 is 1.08 bits per heavy atom. The predicted octanol–water partition coefficient (Wildman–Crippen LogP) is 4.08. The van der Waals surface area contributed by atoms with E-state index in [1.807, 2.05) is 47.9 Å². The number of rotatable bonds is 4. The van der Waals surface area contributed by atoms with Crippen molar-refractivity contribution in [3.05, 3.63) is 52.9 Å². The summed E-state index contributed by atoms with van der Waals surface area (Å²) in [4.78, 5) is 75.2. The minimum atomic E-state index is -1.45. The molecule has 4 aliphatic rings. The lowest BCUT2D eigenvalue weighted by molar-refractivity contribution is -0.146. The van der Waals surface area contributed by atoms with E-state index in [1.165, 1.54) is 16.2 Å². The molecule has 3 fully saturated rings. The summed E-state index contributed by atoms with van der Waals surface area (Å²) in [5.74, 6) is -3.33. The molecule has 3 N–H and O–H groups in total. The molecule has 4 amide bonds. The third-order valence-corrected chi connectivity index (χ3v) is 10.6. The molecule has 1 saturated carbocycles. The molecule has 2 saturated heterocycles. The van der Waals surface area contributed by atoms with E-state index in [0.717, 1.165) is 24.8 Å². The largest absolute Gasteiger partial charge is 0.479 e. The number of nitrogens with zero attached hydrogens (tertiary/aromatic N) is 3. The number of likely N-dealkylation sites (tertiary alicyclic amines) is 1. The first kappa shape index (κ1) is 33.6. The number of carbonyl (C=O) groups excluding carboxylic acids is 4. The highest BCUT2D eigenvalue weighted by Crippen LogP contribution is 2.46. The van der Waals surface area contributed by atoms with Gasteiger partial charge in [0.25, 0.3) is 5.91 Å². The number of hydrogen-bond donors (Lipinski definition) is 3. The van der Waals surface area contributed by atoms with Crippen molar-refractivity contribution in [2.24, 2.45) is 17.8 Å². The number of benzene rings is 1. The van der Waals surface area contributed by atoms with Crippen LogP contribution in [0.25, 0.3) is 11.3 Å². The summed E-state index contributed by atoms with van der Waals surface area (Å²) in [6.07, 6.45) is 6.80. The number of hydrogen-bond acceptors (Lipinski definition) is 8. The molecule has 6 atom stereocenters. The molecule has 12 nitrogen and oxygen atoms in total. The molecule has 1 aliphatic carbocycles. The lowest BCUT2D eigenvalue weighted by Gasteiger charge is -2.32. The topological polar surface area (TPSA) is 158 Å². The average Bonchev–Trinajstić information content (AvgIpc) is 3.37. The number of fused-ring (bicyclic) bond motifs is 4. The fourth-order valence-electron chi connectivity index (χ4n) is 7.23. The fourth-order valence-corrected chi connectivity index (χ4v) is 8.03. The van der Waals surface area contributed by atoms with Gasteiger partial charge in [-0.25, -0.2) is 14.6 Å². The van der Waals surface area contributed by atoms with Crippen LogP contribution in [-0.2, 0) is 19.1 Å². The van der Waals surface area contributed by atoms with Crippen molar-refractivity contribution in [3.8, 4) is 11.3 Å². The summed E-state index contributed by atoms with van der Waals surface area (Å²) in [6, 6.07) is 7.64. The Labute approximate surface area is 283 Å². The molecule has 0 radical (unpaired) electrons. The van der Waals surface area contributed by atoms with Crippen LogP contribution >= 0.6 is 11.3 Å². The minimum Gasteiger partial charge on any atom is -0.479 e. The molecule has 2 aromatic rings. The number of allylic oxidation sites excluding steroid dienone is 1. The number of carbonyl (C=O) groups is 5. The predicted molar refractivity (Wildman–Crippen MR) is 178 cm³/mol. The van der Waals surface area contributed by atoms with Crippen LogP contribution in [0.4, 0.5) is 4.79 Å². The van der Waals surface area contributed by atoms with Gasteiger partial charge in [-0.05, 0) is 46.5 Å². The van der Waals surface area contributed by atoms with Gasteiger partial charge in [0.05, 0.1) is 5.69 Å². The van der Waals surface area contributed by atoms with Crippen LogP contribution in [0.1, 0.15) is 69.1 Å². The maximum atomic E-state index is 14.3. The van der Waals surface area contributed by atoms with Crippen molar-refractivity contribution in [2.45, 2.75) is 82.5 Å². The molecular weight excluding hydrogens is 634 g/mol. The SMILES string of the molecule is CC(C)(C)OC(=O)N[C@@H]1CCCCC/C=C\[C@@H]2C[C@@]2(C(=O)O)NC(=O)[C@@H]2[C@H]3CN(C(=O)c4nc(-c5ccccc5)cs4)C[C@H]3CN2C1=O. The molecule has 256 valence electrons. The van der Waals surface area contributed by atoms with Crippen LogP contribution in [0.5, 0.6) is 0 Å². The van der Waals surface area contributed by atoms with Crippen LogP contribution in [0.15, 0.2) is 47.9 Å². The maximum absolute atomic E-state index is 14.3. The number of nitrogens with one attached hydrogen (secondary N) is 2. The van der Waals surface area contributed by atoms with Crippen LogP contribution in [0, 0.1) is 17.8 Å². The van der Waals surface area contributed by atoms with Crippen LogP contribution < -0.4 is 10.6 Å². The van der Waals surface area contributed by atoms with Gasteiger partial charge >= 0.3 is 12.1 Å². The number of aromatic nitrogens is 1. The molecule has 48 heavy (non-hydrogen) atoms. The molecule has 3 aliphatic heterocycles. The normalized spacial score (nSPS) is 29.8. The maximum Gasteiger partial charge on any atom is 0.408 e. The lowest BCUT2D eigenvalue weighted by atomic mass is 9.93. The number of aliphatic carboxylic acids is 1. The number of ether oxygens (including phenoxy) is 1. The fraction of sp³-hybridized carbons (Fsp3) is 0.543. The van der Waals surface area contributed by atoms with Gasteiger partial charge in [-0.2, -0.15) is 0 Å². The van der Waals surface area contributed by atoms with Gasteiger partial charge in [0.2, 0.25) is 11.8 Å². The second-order valence-electron chi connectivity index (χ2n) is 14.3. The summed E-state index contributed by atoms with van der Waals surface area (Å²) < 4.78 is 5.47. The van der Waals surface area contributed by atoms with E-state index in [0.29, 0.717) is 30.1 Å². The zero-order valence-corrected chi connectivity index (χ0v) is 28.3. The van der Waals surface area contributed by atoms with E-state index in [9.17, 15) is 29.1 Å². The first-order valence-electron chi connectivity index (χ1n) is 16.7. The molecule has 0 unspecified atom stereocenters. The zero-order chi connectivity index (χ0) is 34.2. The summed E-state index contributed by atoms with van der Waals surface area (Å²) in [5.41, 5.74) is -0.607. The van der Waals surface area contributed by atoms with E-state index in [2.05, 4.69) is 15.6 Å². The number of carboxylic acid groups (broad SMARTS) is 1. The lowest BCUT2D eigenvalue weighted by Crippen LogP contribution is -2.58. The van der Waals surface area contributed by atoms with Crippen molar-refractivity contribution in [1.29, 1.82) is 0 Å². The van der Waals surface area contributed by atoms with Crippen molar-refractivity contribution < 1.29 is 33.8 Å². The summed E-state index contributed by atoms with van der Waals surface area (Å²) in [6.45, 7) is 5.94. The number of carboxylic acids is 1. The van der Waals surface area contributed by atoms with Gasteiger partial charge in [-0.3, -0.25) is 14.4 Å². The van der Waals surface area contributed by atoms with Crippen molar-refractivity contribution in [2.75, 3.05) is 19.6 Å².